The van der Waals surface area contributed by atoms with Crippen LogP contribution in [0.4, 0.5) is 0 Å². The van der Waals surface area contributed by atoms with Gasteiger partial charge in [0.2, 0.25) is 0 Å². The molecule has 1 aromatic heterocycles. The van der Waals surface area contributed by atoms with E-state index in [9.17, 15) is 0 Å². The summed E-state index contributed by atoms with van der Waals surface area (Å²) < 4.78 is 7.37. The van der Waals surface area contributed by atoms with Crippen LogP contribution in [0.1, 0.15) is 0 Å². The quantitative estimate of drug-likeness (QED) is 0.343. The highest BCUT2D eigenvalue weighted by Crippen LogP contribution is 2.32. The molecular weight excluding hydrogens is 373 g/mol. The number of benzene rings is 3. The van der Waals surface area contributed by atoms with Crippen molar-refractivity contribution in [3.8, 4) is 5.75 Å². The van der Waals surface area contributed by atoms with Crippen LogP contribution in [-0.4, -0.2) is 7.11 Å². The van der Waals surface area contributed by atoms with Crippen LogP contribution in [-0.2, 0) is 0 Å². The number of halogens is 1. The molecule has 0 aliphatic heterocycles. The zero-order valence-corrected chi connectivity index (χ0v) is 13.7. The normalized spacial score (nSPS) is 11.3. The molecule has 0 fully saturated rings. The number of aromatic nitrogens is 1. The molecule has 0 unspecified atom stereocenters. The summed E-state index contributed by atoms with van der Waals surface area (Å²) in [5.74, 6) is 0.897. The van der Waals surface area contributed by atoms with Gasteiger partial charge in [0.05, 0.1) is 7.11 Å². The average molecular weight is 386 g/mol. The molecule has 1 heterocycles. The Balaban J connectivity index is 2.14. The van der Waals surface area contributed by atoms with Crippen LogP contribution in [0.15, 0.2) is 60.9 Å². The van der Waals surface area contributed by atoms with Gasteiger partial charge >= 0.3 is 22.9 Å². The molecule has 0 N–H and O–H groups in total. The highest BCUT2D eigenvalue weighted by atomic mass is 127. The van der Waals surface area contributed by atoms with Gasteiger partial charge in [0.15, 0.2) is 12.4 Å². The van der Waals surface area contributed by atoms with Crippen molar-refractivity contribution in [1.82, 2.24) is 0 Å². The van der Waals surface area contributed by atoms with E-state index in [1.165, 1.54) is 32.3 Å². The number of hydrogen-bond acceptors (Lipinski definition) is 1. The fraction of sp³-hybridized carbons (Fsp3) is 0.0556. The Kier molecular flexibility index (Phi) is 2.96. The van der Waals surface area contributed by atoms with Crippen LogP contribution >= 0.6 is 22.9 Å². The van der Waals surface area contributed by atoms with Crippen LogP contribution in [0.25, 0.3) is 32.3 Å². The Morgan fingerprint density at radius 2 is 1.48 bits per heavy atom. The van der Waals surface area contributed by atoms with Crippen molar-refractivity contribution in [1.29, 1.82) is 0 Å². The largest absolute Gasteiger partial charge is 0.497 e. The van der Waals surface area contributed by atoms with E-state index in [-0.39, 0.29) is 0 Å². The maximum atomic E-state index is 5.31. The highest BCUT2D eigenvalue weighted by molar-refractivity contribution is 14.1. The molecule has 4 rings (SSSR count). The molecule has 0 amide bonds. The molecule has 2 nitrogen and oxygen atoms in total. The van der Waals surface area contributed by atoms with Crippen LogP contribution < -0.4 is 7.52 Å². The maximum absolute atomic E-state index is 5.31. The van der Waals surface area contributed by atoms with E-state index in [1.807, 2.05) is 6.07 Å². The number of pyridine rings is 1. The van der Waals surface area contributed by atoms with Gasteiger partial charge < -0.3 is 4.74 Å². The Labute approximate surface area is 136 Å². The first-order valence-corrected chi connectivity index (χ1v) is 7.73. The first-order chi connectivity index (χ1) is 10.3. The van der Waals surface area contributed by atoms with Crippen molar-refractivity contribution in [3.05, 3.63) is 60.9 Å². The van der Waals surface area contributed by atoms with E-state index >= 15 is 0 Å². The van der Waals surface area contributed by atoms with Gasteiger partial charge in [-0.15, -0.1) is 2.78 Å². The number of rotatable bonds is 1. The second kappa shape index (κ2) is 4.84. The van der Waals surface area contributed by atoms with Gasteiger partial charge in [-0.1, -0.05) is 24.3 Å². The Morgan fingerprint density at radius 3 is 2.24 bits per heavy atom. The van der Waals surface area contributed by atoms with Crippen LogP contribution in [0.3, 0.4) is 0 Å². The zero-order chi connectivity index (χ0) is 14.4. The predicted octanol–water partition coefficient (Wildman–Crippen LogP) is 4.64. The highest BCUT2D eigenvalue weighted by Gasteiger charge is 2.07. The van der Waals surface area contributed by atoms with Gasteiger partial charge in [0, 0.05) is 16.8 Å². The molecule has 0 aliphatic carbocycles. The number of methoxy groups -OCH3 is 1. The number of ether oxygens (including phenoxy) is 1. The summed E-state index contributed by atoms with van der Waals surface area (Å²) >= 11 is 2.28. The van der Waals surface area contributed by atoms with E-state index in [0.717, 1.165) is 5.75 Å². The van der Waals surface area contributed by atoms with E-state index < -0.39 is 0 Å². The van der Waals surface area contributed by atoms with Crippen molar-refractivity contribution in [3.63, 3.8) is 0 Å². The Hall–Kier alpha value is -1.88. The van der Waals surface area contributed by atoms with Gasteiger partial charge in [-0.05, 0) is 39.7 Å². The molecule has 21 heavy (non-hydrogen) atoms. The summed E-state index contributed by atoms with van der Waals surface area (Å²) in [7, 11) is 1.70. The molecule has 3 heteroatoms. The van der Waals surface area contributed by atoms with Crippen LogP contribution in [0.5, 0.6) is 5.75 Å². The van der Waals surface area contributed by atoms with Crippen molar-refractivity contribution < 1.29 is 7.52 Å². The molecule has 0 aliphatic rings. The Morgan fingerprint density at radius 1 is 0.810 bits per heavy atom. The minimum absolute atomic E-state index is 0.897. The van der Waals surface area contributed by atoms with Crippen molar-refractivity contribution in [2.45, 2.75) is 0 Å². The lowest BCUT2D eigenvalue weighted by Gasteiger charge is -2.08. The zero-order valence-electron chi connectivity index (χ0n) is 11.5. The average Bonchev–Trinajstić information content (AvgIpc) is 2.53. The predicted molar refractivity (Wildman–Crippen MR) is 95.1 cm³/mol. The maximum Gasteiger partial charge on any atom is 0.353 e. The van der Waals surface area contributed by atoms with Gasteiger partial charge in [-0.2, -0.15) is 0 Å². The molecule has 102 valence electrons. The second-order valence-corrected chi connectivity index (χ2v) is 6.22. The molecule has 0 atom stereocenters. The molecule has 0 saturated carbocycles. The Bertz CT molecular complexity index is 994. The van der Waals surface area contributed by atoms with Crippen molar-refractivity contribution >= 4 is 55.2 Å². The standard InChI is InChI=1S/C18H13INO/c1-21-14-4-7-15-12(10-14)2-5-18-16-8-9-20(19)11-13(16)3-6-17(15)18/h2-11H,1H3/q+1. The van der Waals surface area contributed by atoms with E-state index in [4.69, 9.17) is 4.74 Å². The molecule has 0 radical (unpaired) electrons. The molecule has 0 spiro atoms. The lowest BCUT2D eigenvalue weighted by Crippen LogP contribution is -2.16. The summed E-state index contributed by atoms with van der Waals surface area (Å²) in [6.45, 7) is 0. The third kappa shape index (κ3) is 2.03. The minimum atomic E-state index is 0.897. The fourth-order valence-corrected chi connectivity index (χ4v) is 3.37. The third-order valence-electron chi connectivity index (χ3n) is 3.95. The van der Waals surface area contributed by atoms with Crippen LogP contribution in [0.2, 0.25) is 0 Å². The second-order valence-electron chi connectivity index (χ2n) is 5.11. The smallest absolute Gasteiger partial charge is 0.353 e. The number of fused-ring (bicyclic) bond motifs is 5. The molecule has 4 aromatic rings. The lowest BCUT2D eigenvalue weighted by atomic mass is 9.98. The van der Waals surface area contributed by atoms with Gasteiger partial charge in [0.1, 0.15) is 5.75 Å². The monoisotopic (exact) mass is 386 g/mol. The summed E-state index contributed by atoms with van der Waals surface area (Å²) in [4.78, 5) is 0. The summed E-state index contributed by atoms with van der Waals surface area (Å²) in [6, 6.07) is 17.2. The third-order valence-corrected chi connectivity index (χ3v) is 4.55. The molecular formula is C18H13INO+. The molecule has 0 saturated heterocycles. The summed E-state index contributed by atoms with van der Waals surface area (Å²) in [5.41, 5.74) is 0. The van der Waals surface area contributed by atoms with Crippen molar-refractivity contribution in [2.24, 2.45) is 0 Å². The van der Waals surface area contributed by atoms with Gasteiger partial charge in [-0.3, -0.25) is 0 Å². The number of nitrogens with zero attached hydrogens (tertiary/aromatic N) is 1. The van der Waals surface area contributed by atoms with Crippen molar-refractivity contribution in [2.75, 3.05) is 7.11 Å². The first-order valence-electron chi connectivity index (χ1n) is 6.77. The van der Waals surface area contributed by atoms with Gasteiger partial charge in [0.25, 0.3) is 0 Å². The van der Waals surface area contributed by atoms with Gasteiger partial charge in [-0.25, -0.2) is 0 Å². The topological polar surface area (TPSA) is 13.1 Å². The number of hydrogen-bond donors (Lipinski definition) is 0. The van der Waals surface area contributed by atoms with E-state index in [1.54, 1.807) is 7.11 Å². The summed E-state index contributed by atoms with van der Waals surface area (Å²) in [6.07, 6.45) is 4.23. The van der Waals surface area contributed by atoms with E-state index in [0.29, 0.717) is 0 Å². The SMILES string of the molecule is COc1ccc2c(ccc3c4cc[n+](I)cc4ccc23)c1. The fourth-order valence-electron chi connectivity index (χ4n) is 2.91. The van der Waals surface area contributed by atoms with E-state index in [2.05, 4.69) is 80.5 Å². The molecule has 0 bridgehead atoms. The lowest BCUT2D eigenvalue weighted by molar-refractivity contribution is -0.438. The minimum Gasteiger partial charge on any atom is -0.497 e. The van der Waals surface area contributed by atoms with Crippen LogP contribution in [0, 0.1) is 0 Å². The first kappa shape index (κ1) is 12.8. The molecule has 3 aromatic carbocycles. The summed E-state index contributed by atoms with van der Waals surface area (Å²) in [5, 5.41) is 7.60.